The summed E-state index contributed by atoms with van der Waals surface area (Å²) in [5.41, 5.74) is 14.6. The van der Waals surface area contributed by atoms with Crippen molar-refractivity contribution < 1.29 is 0 Å². The van der Waals surface area contributed by atoms with Crippen LogP contribution in [0.2, 0.25) is 0 Å². The van der Waals surface area contributed by atoms with Gasteiger partial charge in [0.05, 0.1) is 22.1 Å². The molecule has 3 aromatic heterocycles. The number of hydrogen-bond donors (Lipinski definition) is 0. The van der Waals surface area contributed by atoms with Crippen molar-refractivity contribution in [3.05, 3.63) is 206 Å². The highest BCUT2D eigenvalue weighted by molar-refractivity contribution is 7.25. The van der Waals surface area contributed by atoms with Crippen LogP contribution in [-0.4, -0.2) is 9.13 Å². The molecule has 9 aromatic carbocycles. The maximum atomic E-state index is 2.41. The summed E-state index contributed by atoms with van der Waals surface area (Å²) < 4.78 is 7.40. The van der Waals surface area contributed by atoms with Crippen LogP contribution in [-0.2, 0) is 0 Å². The van der Waals surface area contributed by atoms with Gasteiger partial charge in [0.15, 0.2) is 0 Å². The van der Waals surface area contributed by atoms with E-state index in [-0.39, 0.29) is 0 Å². The normalized spacial score (nSPS) is 11.9. The number of fused-ring (bicyclic) bond motifs is 9. The molecule has 0 aliphatic rings. The molecule has 0 saturated carbocycles. The van der Waals surface area contributed by atoms with E-state index < -0.39 is 0 Å². The van der Waals surface area contributed by atoms with Crippen LogP contribution in [0, 0.1) is 0 Å². The van der Waals surface area contributed by atoms with Crippen molar-refractivity contribution in [2.75, 3.05) is 0 Å². The van der Waals surface area contributed by atoms with Gasteiger partial charge in [-0.2, -0.15) is 0 Å². The van der Waals surface area contributed by atoms with Gasteiger partial charge in [0.25, 0.3) is 0 Å². The summed E-state index contributed by atoms with van der Waals surface area (Å²) in [5, 5.41) is 7.68. The van der Waals surface area contributed by atoms with Crippen LogP contribution < -0.4 is 0 Å². The first-order chi connectivity index (χ1) is 28.2. The number of thiophene rings is 1. The van der Waals surface area contributed by atoms with E-state index in [2.05, 4.69) is 215 Å². The Morgan fingerprint density at radius 2 is 0.667 bits per heavy atom. The van der Waals surface area contributed by atoms with Gasteiger partial charge < -0.3 is 9.13 Å². The number of para-hydroxylation sites is 3. The summed E-state index contributed by atoms with van der Waals surface area (Å²) in [6.45, 7) is 0. The van der Waals surface area contributed by atoms with Crippen molar-refractivity contribution in [2.24, 2.45) is 0 Å². The van der Waals surface area contributed by atoms with Gasteiger partial charge in [-0.15, -0.1) is 11.3 Å². The molecule has 0 atom stereocenters. The van der Waals surface area contributed by atoms with Gasteiger partial charge in [-0.05, 0) is 106 Å². The number of nitrogens with zero attached hydrogens (tertiary/aromatic N) is 2. The van der Waals surface area contributed by atoms with Crippen molar-refractivity contribution in [2.45, 2.75) is 0 Å². The molecule has 0 N–H and O–H groups in total. The molecule has 3 heterocycles. The monoisotopic (exact) mass is 742 g/mol. The first-order valence-electron chi connectivity index (χ1n) is 19.5. The lowest BCUT2D eigenvalue weighted by Crippen LogP contribution is -1.94. The van der Waals surface area contributed by atoms with E-state index in [1.165, 1.54) is 109 Å². The highest BCUT2D eigenvalue weighted by Gasteiger charge is 2.16. The average molecular weight is 743 g/mol. The van der Waals surface area contributed by atoms with Crippen LogP contribution in [0.4, 0.5) is 0 Å². The fourth-order valence-electron chi connectivity index (χ4n) is 9.03. The van der Waals surface area contributed by atoms with E-state index >= 15 is 0 Å². The van der Waals surface area contributed by atoms with Crippen LogP contribution in [0.25, 0.3) is 109 Å². The standard InChI is InChI=1S/C54H34N2S/c1-3-12-35(13-4-1)36-14-11-17-42(30-36)56-50-21-10-8-19-44(50)48-32-38(25-29-52(48)56)40-23-27-46-45-26-22-39(33-53(45)57-54(46)34-40)37-24-28-51-47(31-37)43-18-7-9-20-49(43)55(51)41-15-5-2-6-16-41/h1-34H. The lowest BCUT2D eigenvalue weighted by molar-refractivity contribution is 1.18. The molecule has 57 heavy (non-hydrogen) atoms. The van der Waals surface area contributed by atoms with Crippen LogP contribution in [0.3, 0.4) is 0 Å². The summed E-state index contributed by atoms with van der Waals surface area (Å²) in [6.07, 6.45) is 0. The Kier molecular flexibility index (Phi) is 7.13. The van der Waals surface area contributed by atoms with E-state index in [0.717, 1.165) is 0 Å². The van der Waals surface area contributed by atoms with Crippen molar-refractivity contribution in [3.8, 4) is 44.8 Å². The smallest absolute Gasteiger partial charge is 0.0541 e. The molecule has 0 unspecified atom stereocenters. The van der Waals surface area contributed by atoms with Crippen LogP contribution in [0.15, 0.2) is 206 Å². The third-order valence-corrected chi connectivity index (χ3v) is 12.8. The van der Waals surface area contributed by atoms with Crippen LogP contribution >= 0.6 is 11.3 Å². The van der Waals surface area contributed by atoms with Crippen molar-refractivity contribution in [1.29, 1.82) is 0 Å². The minimum atomic E-state index is 1.17. The maximum Gasteiger partial charge on any atom is 0.0541 e. The minimum absolute atomic E-state index is 1.17. The van der Waals surface area contributed by atoms with Crippen molar-refractivity contribution in [1.82, 2.24) is 9.13 Å². The Labute approximate surface area is 333 Å². The molecule has 0 bridgehead atoms. The molecule has 266 valence electrons. The molecular formula is C54H34N2S. The van der Waals surface area contributed by atoms with E-state index in [0.29, 0.717) is 0 Å². The summed E-state index contributed by atoms with van der Waals surface area (Å²) in [6, 6.07) is 75.6. The van der Waals surface area contributed by atoms with Gasteiger partial charge in [-0.1, -0.05) is 133 Å². The van der Waals surface area contributed by atoms with Gasteiger partial charge in [0.2, 0.25) is 0 Å². The Morgan fingerprint density at radius 1 is 0.246 bits per heavy atom. The second kappa shape index (κ2) is 12.7. The molecule has 2 nitrogen and oxygen atoms in total. The number of aromatic nitrogens is 2. The van der Waals surface area contributed by atoms with E-state index in [9.17, 15) is 0 Å². The molecule has 0 fully saturated rings. The first-order valence-corrected chi connectivity index (χ1v) is 20.3. The highest BCUT2D eigenvalue weighted by atomic mass is 32.1. The summed E-state index contributed by atoms with van der Waals surface area (Å²) >= 11 is 1.89. The largest absolute Gasteiger partial charge is 0.309 e. The van der Waals surface area contributed by atoms with Gasteiger partial charge in [-0.25, -0.2) is 0 Å². The molecule has 12 rings (SSSR count). The SMILES string of the molecule is c1ccc(-c2cccc(-n3c4ccccc4c4cc(-c5ccc6c(c5)sc5cc(-c7ccc8c(c7)c7ccccc7n8-c7ccccc7)ccc56)ccc43)c2)cc1. The van der Waals surface area contributed by atoms with Gasteiger partial charge in [0.1, 0.15) is 0 Å². The Bertz CT molecular complexity index is 3510. The number of benzene rings is 9. The lowest BCUT2D eigenvalue weighted by Gasteiger charge is -2.11. The quantitative estimate of drug-likeness (QED) is 0.166. The van der Waals surface area contributed by atoms with E-state index in [1.807, 2.05) is 11.3 Å². The zero-order valence-electron chi connectivity index (χ0n) is 30.9. The Morgan fingerprint density at radius 3 is 1.26 bits per heavy atom. The third-order valence-electron chi connectivity index (χ3n) is 11.7. The molecule has 0 amide bonds. The van der Waals surface area contributed by atoms with Crippen LogP contribution in [0.5, 0.6) is 0 Å². The summed E-state index contributed by atoms with van der Waals surface area (Å²) in [4.78, 5) is 0. The fourth-order valence-corrected chi connectivity index (χ4v) is 10.2. The molecule has 0 saturated heterocycles. The first kappa shape index (κ1) is 32.1. The predicted octanol–water partition coefficient (Wildman–Crippen LogP) is 15.2. The second-order valence-corrected chi connectivity index (χ2v) is 16.0. The predicted molar refractivity (Wildman–Crippen MR) is 244 cm³/mol. The Hall–Kier alpha value is -7.20. The molecule has 0 spiro atoms. The highest BCUT2D eigenvalue weighted by Crippen LogP contribution is 2.41. The molecule has 0 aliphatic carbocycles. The Balaban J connectivity index is 0.934. The third kappa shape index (κ3) is 5.10. The summed E-state index contributed by atoms with van der Waals surface area (Å²) in [5.74, 6) is 0. The van der Waals surface area contributed by atoms with Crippen molar-refractivity contribution >= 4 is 75.1 Å². The zero-order chi connectivity index (χ0) is 37.5. The fraction of sp³-hybridized carbons (Fsp3) is 0. The zero-order valence-corrected chi connectivity index (χ0v) is 31.7. The van der Waals surface area contributed by atoms with Crippen LogP contribution in [0.1, 0.15) is 0 Å². The van der Waals surface area contributed by atoms with E-state index in [1.54, 1.807) is 0 Å². The van der Waals surface area contributed by atoms with E-state index in [4.69, 9.17) is 0 Å². The lowest BCUT2D eigenvalue weighted by atomic mass is 9.99. The van der Waals surface area contributed by atoms with Gasteiger partial charge in [0, 0.05) is 53.1 Å². The summed E-state index contributed by atoms with van der Waals surface area (Å²) in [7, 11) is 0. The van der Waals surface area contributed by atoms with Crippen molar-refractivity contribution in [3.63, 3.8) is 0 Å². The van der Waals surface area contributed by atoms with Gasteiger partial charge in [-0.3, -0.25) is 0 Å². The molecule has 0 radical (unpaired) electrons. The number of rotatable bonds is 5. The molecule has 0 aliphatic heterocycles. The molecular weight excluding hydrogens is 709 g/mol. The topological polar surface area (TPSA) is 9.86 Å². The average Bonchev–Trinajstić information content (AvgIpc) is 3.93. The molecule has 3 heteroatoms. The molecule has 12 aromatic rings. The second-order valence-electron chi connectivity index (χ2n) is 14.9. The number of hydrogen-bond acceptors (Lipinski definition) is 1. The van der Waals surface area contributed by atoms with Gasteiger partial charge >= 0.3 is 0 Å². The maximum absolute atomic E-state index is 2.41. The minimum Gasteiger partial charge on any atom is -0.309 e.